The maximum Gasteiger partial charge on any atom is 0.305 e. The smallest absolute Gasteiger partial charge is 0.305 e. The maximum absolute atomic E-state index is 10.8. The second-order valence-electron chi connectivity index (χ2n) is 3.77. The van der Waals surface area contributed by atoms with Crippen LogP contribution in [-0.2, 0) is 16.0 Å². The summed E-state index contributed by atoms with van der Waals surface area (Å²) in [5.74, 6) is -0.112. The van der Waals surface area contributed by atoms with Crippen molar-refractivity contribution < 1.29 is 9.53 Å². The zero-order valence-electron chi connectivity index (χ0n) is 9.45. The molecule has 0 aromatic heterocycles. The van der Waals surface area contributed by atoms with E-state index in [1.165, 1.54) is 18.2 Å². The summed E-state index contributed by atoms with van der Waals surface area (Å²) in [6.45, 7) is 2.08. The molecule has 0 atom stereocenters. The van der Waals surface area contributed by atoms with Crippen LogP contribution in [0.2, 0.25) is 0 Å². The number of aryl methyl sites for hydroxylation is 2. The summed E-state index contributed by atoms with van der Waals surface area (Å²) in [4.78, 5) is 10.8. The molecule has 15 heavy (non-hydrogen) atoms. The lowest BCUT2D eigenvalue weighted by Gasteiger charge is -2.01. The van der Waals surface area contributed by atoms with Gasteiger partial charge in [0.05, 0.1) is 7.11 Å². The monoisotopic (exact) mass is 206 g/mol. The highest BCUT2D eigenvalue weighted by atomic mass is 16.5. The van der Waals surface area contributed by atoms with Crippen LogP contribution in [0.1, 0.15) is 30.4 Å². The molecule has 0 saturated heterocycles. The Morgan fingerprint density at radius 3 is 2.47 bits per heavy atom. The van der Waals surface area contributed by atoms with E-state index in [1.807, 2.05) is 0 Å². The molecule has 0 unspecified atom stereocenters. The van der Waals surface area contributed by atoms with Crippen LogP contribution in [0, 0.1) is 6.92 Å². The first-order valence-corrected chi connectivity index (χ1v) is 5.34. The Bertz CT molecular complexity index is 301. The van der Waals surface area contributed by atoms with E-state index in [4.69, 9.17) is 0 Å². The normalized spacial score (nSPS) is 10.0. The molecule has 0 radical (unpaired) electrons. The summed E-state index contributed by atoms with van der Waals surface area (Å²) in [6.07, 6.45) is 3.51. The molecule has 0 N–H and O–H groups in total. The second-order valence-corrected chi connectivity index (χ2v) is 3.77. The highest BCUT2D eigenvalue weighted by molar-refractivity contribution is 5.68. The van der Waals surface area contributed by atoms with Crippen molar-refractivity contribution in [3.05, 3.63) is 35.4 Å². The summed E-state index contributed by atoms with van der Waals surface area (Å²) in [7, 11) is 1.43. The van der Waals surface area contributed by atoms with Gasteiger partial charge in [0, 0.05) is 6.42 Å². The molecule has 82 valence electrons. The van der Waals surface area contributed by atoms with E-state index in [2.05, 4.69) is 35.9 Å². The Morgan fingerprint density at radius 1 is 1.20 bits per heavy atom. The fraction of sp³-hybridized carbons (Fsp3) is 0.462. The number of ether oxygens (including phenoxy) is 1. The molecular formula is C13H18O2. The Hall–Kier alpha value is -1.31. The zero-order valence-corrected chi connectivity index (χ0v) is 9.45. The quantitative estimate of drug-likeness (QED) is 0.547. The fourth-order valence-electron chi connectivity index (χ4n) is 1.46. The number of carbonyl (C=O) groups is 1. The molecule has 0 heterocycles. The van der Waals surface area contributed by atoms with Crippen LogP contribution in [0.4, 0.5) is 0 Å². The molecular weight excluding hydrogens is 188 g/mol. The largest absolute Gasteiger partial charge is 0.469 e. The number of unbranched alkanes of at least 4 members (excludes halogenated alkanes) is 1. The molecule has 1 rings (SSSR count). The highest BCUT2D eigenvalue weighted by Crippen LogP contribution is 2.08. The Balaban J connectivity index is 2.20. The minimum Gasteiger partial charge on any atom is -0.469 e. The lowest BCUT2D eigenvalue weighted by molar-refractivity contribution is -0.140. The van der Waals surface area contributed by atoms with Crippen LogP contribution in [-0.4, -0.2) is 13.1 Å². The van der Waals surface area contributed by atoms with Crippen molar-refractivity contribution in [1.29, 1.82) is 0 Å². The van der Waals surface area contributed by atoms with Gasteiger partial charge in [-0.25, -0.2) is 0 Å². The standard InChI is InChI=1S/C13H18O2/c1-11-7-9-12(10-8-11)5-3-4-6-13(14)15-2/h7-10H,3-6H2,1-2H3. The van der Waals surface area contributed by atoms with Gasteiger partial charge in [0.1, 0.15) is 0 Å². The van der Waals surface area contributed by atoms with Gasteiger partial charge in [0.25, 0.3) is 0 Å². The minimum absolute atomic E-state index is 0.112. The third kappa shape index (κ3) is 4.63. The van der Waals surface area contributed by atoms with Crippen LogP contribution >= 0.6 is 0 Å². The first-order chi connectivity index (χ1) is 7.22. The van der Waals surface area contributed by atoms with E-state index >= 15 is 0 Å². The summed E-state index contributed by atoms with van der Waals surface area (Å²) >= 11 is 0. The maximum atomic E-state index is 10.8. The Morgan fingerprint density at radius 2 is 1.87 bits per heavy atom. The predicted octanol–water partition coefficient (Wildman–Crippen LogP) is 2.88. The average Bonchev–Trinajstić information content (AvgIpc) is 2.26. The Kier molecular flexibility index (Phi) is 4.88. The predicted molar refractivity (Wildman–Crippen MR) is 60.8 cm³/mol. The van der Waals surface area contributed by atoms with Gasteiger partial charge >= 0.3 is 5.97 Å². The summed E-state index contributed by atoms with van der Waals surface area (Å²) < 4.78 is 4.58. The zero-order chi connectivity index (χ0) is 11.1. The van der Waals surface area contributed by atoms with Crippen molar-refractivity contribution in [2.45, 2.75) is 32.6 Å². The molecule has 2 nitrogen and oxygen atoms in total. The van der Waals surface area contributed by atoms with Gasteiger partial charge in [-0.2, -0.15) is 0 Å². The molecule has 0 aliphatic heterocycles. The van der Waals surface area contributed by atoms with Crippen LogP contribution in [0.25, 0.3) is 0 Å². The van der Waals surface area contributed by atoms with Gasteiger partial charge < -0.3 is 4.74 Å². The molecule has 2 heteroatoms. The van der Waals surface area contributed by atoms with Gasteiger partial charge in [0.15, 0.2) is 0 Å². The second kappa shape index (κ2) is 6.23. The topological polar surface area (TPSA) is 26.3 Å². The number of benzene rings is 1. The molecule has 1 aromatic carbocycles. The van der Waals surface area contributed by atoms with Gasteiger partial charge in [-0.3, -0.25) is 4.79 Å². The molecule has 0 bridgehead atoms. The van der Waals surface area contributed by atoms with Crippen LogP contribution in [0.15, 0.2) is 24.3 Å². The van der Waals surface area contributed by atoms with Crippen molar-refractivity contribution in [2.75, 3.05) is 7.11 Å². The van der Waals surface area contributed by atoms with Crippen molar-refractivity contribution in [1.82, 2.24) is 0 Å². The van der Waals surface area contributed by atoms with Crippen LogP contribution in [0.5, 0.6) is 0 Å². The fourth-order valence-corrected chi connectivity index (χ4v) is 1.46. The van der Waals surface area contributed by atoms with Crippen LogP contribution in [0.3, 0.4) is 0 Å². The summed E-state index contributed by atoms with van der Waals surface area (Å²) in [5, 5.41) is 0. The van der Waals surface area contributed by atoms with Gasteiger partial charge in [-0.15, -0.1) is 0 Å². The van der Waals surface area contributed by atoms with Crippen molar-refractivity contribution >= 4 is 5.97 Å². The van der Waals surface area contributed by atoms with Gasteiger partial charge in [0.2, 0.25) is 0 Å². The molecule has 1 aromatic rings. The lowest BCUT2D eigenvalue weighted by Crippen LogP contribution is -1.99. The number of hydrogen-bond donors (Lipinski definition) is 0. The minimum atomic E-state index is -0.112. The number of rotatable bonds is 5. The molecule has 0 aliphatic rings. The highest BCUT2D eigenvalue weighted by Gasteiger charge is 1.99. The van der Waals surface area contributed by atoms with E-state index in [0.717, 1.165) is 19.3 Å². The molecule has 0 amide bonds. The number of methoxy groups -OCH3 is 1. The first-order valence-electron chi connectivity index (χ1n) is 5.34. The van der Waals surface area contributed by atoms with E-state index < -0.39 is 0 Å². The molecule has 0 spiro atoms. The third-order valence-corrected chi connectivity index (χ3v) is 2.44. The summed E-state index contributed by atoms with van der Waals surface area (Å²) in [6, 6.07) is 8.53. The van der Waals surface area contributed by atoms with Gasteiger partial charge in [-0.05, 0) is 31.7 Å². The lowest BCUT2D eigenvalue weighted by atomic mass is 10.1. The third-order valence-electron chi connectivity index (χ3n) is 2.44. The molecule has 0 aliphatic carbocycles. The van der Waals surface area contributed by atoms with Crippen molar-refractivity contribution in [3.63, 3.8) is 0 Å². The van der Waals surface area contributed by atoms with Crippen LogP contribution < -0.4 is 0 Å². The van der Waals surface area contributed by atoms with E-state index in [9.17, 15) is 4.79 Å². The first kappa shape index (κ1) is 11.8. The Labute approximate surface area is 91.3 Å². The van der Waals surface area contributed by atoms with E-state index in [1.54, 1.807) is 0 Å². The van der Waals surface area contributed by atoms with Crippen molar-refractivity contribution in [2.24, 2.45) is 0 Å². The number of carbonyl (C=O) groups excluding carboxylic acids is 1. The number of esters is 1. The summed E-state index contributed by atoms with van der Waals surface area (Å²) in [5.41, 5.74) is 2.62. The van der Waals surface area contributed by atoms with E-state index in [-0.39, 0.29) is 5.97 Å². The van der Waals surface area contributed by atoms with Gasteiger partial charge in [-0.1, -0.05) is 29.8 Å². The molecule has 0 fully saturated rings. The average molecular weight is 206 g/mol. The SMILES string of the molecule is COC(=O)CCCCc1ccc(C)cc1. The van der Waals surface area contributed by atoms with Crippen molar-refractivity contribution in [3.8, 4) is 0 Å². The number of hydrogen-bond acceptors (Lipinski definition) is 2. The van der Waals surface area contributed by atoms with E-state index in [0.29, 0.717) is 6.42 Å². The molecule has 0 saturated carbocycles.